The molecule has 0 radical (unpaired) electrons. The van der Waals surface area contributed by atoms with Crippen LogP contribution in [0.15, 0.2) is 30.3 Å². The van der Waals surface area contributed by atoms with Crippen molar-refractivity contribution in [1.29, 1.82) is 0 Å². The standard InChI is InChI=1S/C28H41O3P/c1-10-11-14-28(8,32-25-13-12-19(2)15-23(25)21(4)29)24-17-22(27(5,6)7)16-20(3)26(24)31-18-30-9/h12-13,15-17,32H,10-11,14,18H2,1-9H3. The van der Waals surface area contributed by atoms with Gasteiger partial charge in [-0.05, 0) is 55.1 Å². The third-order valence-electron chi connectivity index (χ3n) is 6.05. The fourth-order valence-corrected chi connectivity index (χ4v) is 5.84. The predicted molar refractivity (Wildman–Crippen MR) is 138 cm³/mol. The zero-order valence-electron chi connectivity index (χ0n) is 21.4. The second kappa shape index (κ2) is 10.9. The molecule has 0 spiro atoms. The van der Waals surface area contributed by atoms with Crippen molar-refractivity contribution in [3.8, 4) is 5.75 Å². The van der Waals surface area contributed by atoms with Crippen LogP contribution in [0.5, 0.6) is 5.75 Å². The molecular formula is C28H41O3P. The van der Waals surface area contributed by atoms with E-state index < -0.39 is 0 Å². The molecule has 0 aliphatic carbocycles. The molecule has 0 bridgehead atoms. The number of carbonyl (C=O) groups excluding carboxylic acids is 1. The van der Waals surface area contributed by atoms with Crippen molar-refractivity contribution in [2.45, 2.75) is 85.2 Å². The number of ether oxygens (including phenoxy) is 2. The molecule has 2 atom stereocenters. The molecule has 2 rings (SSSR count). The maximum atomic E-state index is 12.5. The zero-order chi connectivity index (χ0) is 24.1. The molecule has 2 unspecified atom stereocenters. The smallest absolute Gasteiger partial charge is 0.188 e. The Kier molecular flexibility index (Phi) is 9.08. The van der Waals surface area contributed by atoms with E-state index in [9.17, 15) is 4.79 Å². The number of hydrogen-bond donors (Lipinski definition) is 0. The van der Waals surface area contributed by atoms with Gasteiger partial charge in [-0.1, -0.05) is 85.9 Å². The minimum atomic E-state index is -0.148. The molecule has 0 heterocycles. The monoisotopic (exact) mass is 456 g/mol. The third-order valence-corrected chi connectivity index (χ3v) is 7.83. The van der Waals surface area contributed by atoms with Crippen LogP contribution >= 0.6 is 8.58 Å². The van der Waals surface area contributed by atoms with Crippen molar-refractivity contribution in [3.63, 3.8) is 0 Å². The summed E-state index contributed by atoms with van der Waals surface area (Å²) in [6, 6.07) is 10.9. The van der Waals surface area contributed by atoms with Crippen molar-refractivity contribution >= 4 is 19.7 Å². The lowest BCUT2D eigenvalue weighted by Gasteiger charge is -2.35. The van der Waals surface area contributed by atoms with Gasteiger partial charge in [0.15, 0.2) is 12.6 Å². The lowest BCUT2D eigenvalue weighted by molar-refractivity contribution is 0.0494. The molecule has 176 valence electrons. The first kappa shape index (κ1) is 26.6. The maximum absolute atomic E-state index is 12.5. The molecule has 0 aromatic heterocycles. The number of unbranched alkanes of at least 4 members (excludes halogenated alkanes) is 1. The fourth-order valence-electron chi connectivity index (χ4n) is 4.08. The van der Waals surface area contributed by atoms with E-state index in [4.69, 9.17) is 9.47 Å². The second-order valence-electron chi connectivity index (χ2n) is 10.1. The van der Waals surface area contributed by atoms with E-state index in [1.807, 2.05) is 13.0 Å². The Morgan fingerprint density at radius 1 is 1.06 bits per heavy atom. The van der Waals surface area contributed by atoms with Crippen LogP contribution in [0.4, 0.5) is 0 Å². The van der Waals surface area contributed by atoms with E-state index in [0.29, 0.717) is 8.58 Å². The highest BCUT2D eigenvalue weighted by atomic mass is 31.1. The van der Waals surface area contributed by atoms with Gasteiger partial charge in [0.2, 0.25) is 0 Å². The Morgan fingerprint density at radius 3 is 2.31 bits per heavy atom. The molecular weight excluding hydrogens is 415 g/mol. The average molecular weight is 457 g/mol. The Hall–Kier alpha value is -1.70. The molecule has 32 heavy (non-hydrogen) atoms. The van der Waals surface area contributed by atoms with Crippen LogP contribution in [-0.4, -0.2) is 19.7 Å². The fraction of sp³-hybridized carbons (Fsp3) is 0.536. The van der Waals surface area contributed by atoms with Crippen LogP contribution in [0.3, 0.4) is 0 Å². The number of benzene rings is 2. The van der Waals surface area contributed by atoms with Gasteiger partial charge < -0.3 is 9.47 Å². The quantitative estimate of drug-likeness (QED) is 0.215. The zero-order valence-corrected chi connectivity index (χ0v) is 22.4. The summed E-state index contributed by atoms with van der Waals surface area (Å²) in [6.07, 6.45) is 3.27. The van der Waals surface area contributed by atoms with Crippen LogP contribution in [0.2, 0.25) is 0 Å². The second-order valence-corrected chi connectivity index (χ2v) is 12.0. The summed E-state index contributed by atoms with van der Waals surface area (Å²) >= 11 is 0. The van der Waals surface area contributed by atoms with Crippen molar-refractivity contribution in [3.05, 3.63) is 58.1 Å². The number of hydrogen-bond acceptors (Lipinski definition) is 3. The summed E-state index contributed by atoms with van der Waals surface area (Å²) < 4.78 is 11.4. The first-order valence-corrected chi connectivity index (χ1v) is 12.6. The predicted octanol–water partition coefficient (Wildman–Crippen LogP) is 7.20. The Labute approximate surface area is 197 Å². The molecule has 0 aliphatic heterocycles. The Bertz CT molecular complexity index is 942. The van der Waals surface area contributed by atoms with E-state index in [-0.39, 0.29) is 23.1 Å². The largest absolute Gasteiger partial charge is 0.467 e. The lowest BCUT2D eigenvalue weighted by Crippen LogP contribution is -2.25. The maximum Gasteiger partial charge on any atom is 0.188 e. The van der Waals surface area contributed by atoms with Gasteiger partial charge in [-0.3, -0.25) is 4.79 Å². The number of carbonyl (C=O) groups is 1. The number of Topliss-reactive ketones (excluding diaryl/α,β-unsaturated/α-hetero) is 1. The average Bonchev–Trinajstić information content (AvgIpc) is 2.71. The van der Waals surface area contributed by atoms with Crippen molar-refractivity contribution in [2.75, 3.05) is 13.9 Å². The summed E-state index contributed by atoms with van der Waals surface area (Å²) in [7, 11) is 2.11. The van der Waals surface area contributed by atoms with Crippen LogP contribution in [0.25, 0.3) is 0 Å². The van der Waals surface area contributed by atoms with Gasteiger partial charge in [0.25, 0.3) is 0 Å². The molecule has 3 nitrogen and oxygen atoms in total. The summed E-state index contributed by atoms with van der Waals surface area (Å²) in [5, 5.41) is 0.989. The van der Waals surface area contributed by atoms with Crippen LogP contribution in [0.1, 0.15) is 93.4 Å². The number of rotatable bonds is 10. The SMILES string of the molecule is CCCCC(C)(Pc1ccc(C)cc1C(C)=O)c1cc(C(C)(C)C)cc(C)c1OCOC. The topological polar surface area (TPSA) is 35.5 Å². The van der Waals surface area contributed by atoms with E-state index >= 15 is 0 Å². The minimum absolute atomic E-state index is 0.0302. The van der Waals surface area contributed by atoms with E-state index in [2.05, 4.69) is 65.8 Å². The first-order valence-electron chi connectivity index (χ1n) is 11.6. The summed E-state index contributed by atoms with van der Waals surface area (Å²) in [5.74, 6) is 1.05. The van der Waals surface area contributed by atoms with Crippen LogP contribution in [0, 0.1) is 13.8 Å². The third kappa shape index (κ3) is 6.42. The normalized spacial score (nSPS) is 14.0. The highest BCUT2D eigenvalue weighted by Gasteiger charge is 2.33. The van der Waals surface area contributed by atoms with E-state index in [1.165, 1.54) is 11.1 Å². The van der Waals surface area contributed by atoms with Gasteiger partial charge in [-0.2, -0.15) is 0 Å². The number of aryl methyl sites for hydroxylation is 2. The van der Waals surface area contributed by atoms with Crippen molar-refractivity contribution in [1.82, 2.24) is 0 Å². The van der Waals surface area contributed by atoms with Crippen molar-refractivity contribution in [2.24, 2.45) is 0 Å². The first-order chi connectivity index (χ1) is 14.9. The van der Waals surface area contributed by atoms with Crippen molar-refractivity contribution < 1.29 is 14.3 Å². The molecule has 2 aromatic carbocycles. The summed E-state index contributed by atoms with van der Waals surface area (Å²) in [6.45, 7) is 17.4. The Morgan fingerprint density at radius 2 is 1.75 bits per heavy atom. The van der Waals surface area contributed by atoms with E-state index in [0.717, 1.165) is 47.0 Å². The summed E-state index contributed by atoms with van der Waals surface area (Å²) in [4.78, 5) is 12.5. The van der Waals surface area contributed by atoms with Gasteiger partial charge in [0, 0.05) is 23.4 Å². The van der Waals surface area contributed by atoms with Crippen LogP contribution < -0.4 is 10.0 Å². The molecule has 0 fully saturated rings. The molecule has 0 amide bonds. The molecule has 0 saturated heterocycles. The minimum Gasteiger partial charge on any atom is -0.467 e. The lowest BCUT2D eigenvalue weighted by atomic mass is 9.82. The van der Waals surface area contributed by atoms with Gasteiger partial charge in [-0.25, -0.2) is 0 Å². The molecule has 0 aliphatic rings. The highest BCUT2D eigenvalue weighted by molar-refractivity contribution is 7.48. The molecule has 0 saturated carbocycles. The van der Waals surface area contributed by atoms with Gasteiger partial charge in [0.05, 0.1) is 0 Å². The molecule has 4 heteroatoms. The molecule has 2 aromatic rings. The summed E-state index contributed by atoms with van der Waals surface area (Å²) in [5.41, 5.74) is 5.65. The van der Waals surface area contributed by atoms with Gasteiger partial charge in [-0.15, -0.1) is 0 Å². The number of methoxy groups -OCH3 is 1. The van der Waals surface area contributed by atoms with Gasteiger partial charge in [0.1, 0.15) is 5.75 Å². The highest BCUT2D eigenvalue weighted by Crippen LogP contribution is 2.50. The molecule has 0 N–H and O–H groups in total. The van der Waals surface area contributed by atoms with E-state index in [1.54, 1.807) is 14.0 Å². The number of ketones is 1. The Balaban J connectivity index is 2.72. The van der Waals surface area contributed by atoms with Gasteiger partial charge >= 0.3 is 0 Å². The van der Waals surface area contributed by atoms with Crippen LogP contribution in [-0.2, 0) is 15.3 Å².